The number of hydrogen-bond donors (Lipinski definition) is 4. The lowest BCUT2D eigenvalue weighted by molar-refractivity contribution is -0.139. The standard InChI is InChI=1S/C26H31N3O4/c1-33-20-8-6-16(7-9-20)15-27-25(32)28-19-13-26(14-19)11-18(12-26)24(31)29-22-10-17-4-2-3-5-21(17)23(22)30/h2-9,18-19,22-23,30H,10-15H2,1H3,(H,29,31)(H2,27,28,32). The van der Waals surface area contributed by atoms with Gasteiger partial charge in [-0.05, 0) is 66.3 Å². The van der Waals surface area contributed by atoms with Crippen molar-refractivity contribution in [2.75, 3.05) is 7.11 Å². The Kier molecular flexibility index (Phi) is 5.74. The van der Waals surface area contributed by atoms with Crippen LogP contribution in [0.15, 0.2) is 48.5 Å². The van der Waals surface area contributed by atoms with E-state index >= 15 is 0 Å². The van der Waals surface area contributed by atoms with Crippen LogP contribution in [0.5, 0.6) is 5.75 Å². The molecular formula is C26H31N3O4. The molecule has 2 aromatic rings. The van der Waals surface area contributed by atoms with E-state index in [9.17, 15) is 14.7 Å². The van der Waals surface area contributed by atoms with Gasteiger partial charge in [-0.1, -0.05) is 36.4 Å². The Hall–Kier alpha value is -3.06. The zero-order chi connectivity index (χ0) is 23.0. The molecule has 3 aliphatic carbocycles. The molecule has 2 fully saturated rings. The molecule has 0 bridgehead atoms. The van der Waals surface area contributed by atoms with E-state index in [0.717, 1.165) is 48.1 Å². The molecule has 7 heteroatoms. The summed E-state index contributed by atoms with van der Waals surface area (Å²) in [7, 11) is 1.63. The largest absolute Gasteiger partial charge is 0.497 e. The summed E-state index contributed by atoms with van der Waals surface area (Å²) in [6.07, 6.45) is 3.61. The van der Waals surface area contributed by atoms with Crippen LogP contribution in [-0.4, -0.2) is 36.2 Å². The van der Waals surface area contributed by atoms with Crippen LogP contribution in [0, 0.1) is 11.3 Å². The second kappa shape index (κ2) is 8.71. The lowest BCUT2D eigenvalue weighted by atomic mass is 9.50. The predicted molar refractivity (Wildman–Crippen MR) is 124 cm³/mol. The van der Waals surface area contributed by atoms with Gasteiger partial charge in [0.15, 0.2) is 0 Å². The number of nitrogens with one attached hydrogen (secondary N) is 3. The number of methoxy groups -OCH3 is 1. The van der Waals surface area contributed by atoms with Gasteiger partial charge >= 0.3 is 6.03 Å². The maximum absolute atomic E-state index is 12.7. The first-order valence-electron chi connectivity index (χ1n) is 11.7. The van der Waals surface area contributed by atoms with Gasteiger partial charge in [0.25, 0.3) is 0 Å². The number of benzene rings is 2. The van der Waals surface area contributed by atoms with Crippen LogP contribution in [0.3, 0.4) is 0 Å². The van der Waals surface area contributed by atoms with Gasteiger partial charge in [-0.25, -0.2) is 4.79 Å². The molecule has 4 N–H and O–H groups in total. The molecule has 1 spiro atoms. The number of carbonyl (C=O) groups is 2. The molecule has 0 saturated heterocycles. The number of carbonyl (C=O) groups excluding carboxylic acids is 2. The molecule has 3 aliphatic rings. The zero-order valence-corrected chi connectivity index (χ0v) is 18.8. The van der Waals surface area contributed by atoms with Crippen LogP contribution in [0.1, 0.15) is 48.5 Å². The van der Waals surface area contributed by atoms with Crippen molar-refractivity contribution >= 4 is 11.9 Å². The van der Waals surface area contributed by atoms with Crippen LogP contribution in [0.4, 0.5) is 4.79 Å². The van der Waals surface area contributed by atoms with Crippen LogP contribution < -0.4 is 20.7 Å². The smallest absolute Gasteiger partial charge is 0.315 e. The van der Waals surface area contributed by atoms with E-state index in [2.05, 4.69) is 16.0 Å². The van der Waals surface area contributed by atoms with Gasteiger partial charge in [0.1, 0.15) is 5.75 Å². The summed E-state index contributed by atoms with van der Waals surface area (Å²) in [5.41, 5.74) is 3.23. The number of urea groups is 1. The lowest BCUT2D eigenvalue weighted by Gasteiger charge is -2.57. The van der Waals surface area contributed by atoms with E-state index in [1.807, 2.05) is 48.5 Å². The molecule has 2 unspecified atom stereocenters. The van der Waals surface area contributed by atoms with E-state index in [1.54, 1.807) is 7.11 Å². The third kappa shape index (κ3) is 4.42. The summed E-state index contributed by atoms with van der Waals surface area (Å²) >= 11 is 0. The molecule has 2 atom stereocenters. The number of rotatable bonds is 6. The van der Waals surface area contributed by atoms with E-state index in [1.165, 1.54) is 0 Å². The van der Waals surface area contributed by atoms with Crippen molar-refractivity contribution in [1.29, 1.82) is 0 Å². The number of fused-ring (bicyclic) bond motifs is 1. The van der Waals surface area contributed by atoms with Gasteiger partial charge in [-0.2, -0.15) is 0 Å². The Labute approximate surface area is 193 Å². The SMILES string of the molecule is COc1ccc(CNC(=O)NC2CC3(C2)CC(C(=O)NC2Cc4ccccc4C2O)C3)cc1. The minimum atomic E-state index is -0.632. The van der Waals surface area contributed by atoms with Crippen LogP contribution in [0.25, 0.3) is 0 Å². The zero-order valence-electron chi connectivity index (χ0n) is 18.8. The maximum atomic E-state index is 12.7. The first-order valence-corrected chi connectivity index (χ1v) is 11.7. The molecule has 174 valence electrons. The molecule has 0 heterocycles. The Morgan fingerprint density at radius 2 is 1.76 bits per heavy atom. The van der Waals surface area contributed by atoms with E-state index in [4.69, 9.17) is 4.74 Å². The fourth-order valence-corrected chi connectivity index (χ4v) is 5.76. The number of aliphatic hydroxyl groups excluding tert-OH is 1. The van der Waals surface area contributed by atoms with Crippen molar-refractivity contribution in [3.8, 4) is 5.75 Å². The summed E-state index contributed by atoms with van der Waals surface area (Å²) in [6, 6.07) is 15.2. The van der Waals surface area contributed by atoms with Crippen molar-refractivity contribution in [2.24, 2.45) is 11.3 Å². The number of aliphatic hydroxyl groups is 1. The summed E-state index contributed by atoms with van der Waals surface area (Å²) in [5, 5.41) is 19.5. The average Bonchev–Trinajstić information content (AvgIpc) is 3.08. The van der Waals surface area contributed by atoms with E-state index in [0.29, 0.717) is 13.0 Å². The van der Waals surface area contributed by atoms with Gasteiger partial charge in [0.2, 0.25) is 5.91 Å². The maximum Gasteiger partial charge on any atom is 0.315 e. The molecule has 2 saturated carbocycles. The van der Waals surface area contributed by atoms with E-state index < -0.39 is 6.10 Å². The van der Waals surface area contributed by atoms with Crippen molar-refractivity contribution in [3.05, 3.63) is 65.2 Å². The Bertz CT molecular complexity index is 1020. The van der Waals surface area contributed by atoms with Gasteiger partial charge in [0.05, 0.1) is 19.3 Å². The molecule has 0 aliphatic heterocycles. The summed E-state index contributed by atoms with van der Waals surface area (Å²) in [4.78, 5) is 24.9. The molecular weight excluding hydrogens is 418 g/mol. The third-order valence-electron chi connectivity index (χ3n) is 7.56. The van der Waals surface area contributed by atoms with Gasteiger partial charge < -0.3 is 25.8 Å². The fourth-order valence-electron chi connectivity index (χ4n) is 5.76. The molecule has 5 rings (SSSR count). The second-order valence-electron chi connectivity index (χ2n) is 9.85. The van der Waals surface area contributed by atoms with Crippen molar-refractivity contribution < 1.29 is 19.4 Å². The number of hydrogen-bond acceptors (Lipinski definition) is 4. The highest BCUT2D eigenvalue weighted by Crippen LogP contribution is 2.58. The normalized spacial score (nSPS) is 29.4. The van der Waals surface area contributed by atoms with Crippen LogP contribution in [0.2, 0.25) is 0 Å². The highest BCUT2D eigenvalue weighted by Gasteiger charge is 2.55. The van der Waals surface area contributed by atoms with E-state index in [-0.39, 0.29) is 35.4 Å². The molecule has 0 radical (unpaired) electrons. The van der Waals surface area contributed by atoms with Crippen LogP contribution in [-0.2, 0) is 17.8 Å². The Balaban J connectivity index is 1.01. The van der Waals surface area contributed by atoms with Crippen molar-refractivity contribution in [3.63, 3.8) is 0 Å². The predicted octanol–water partition coefficient (Wildman–Crippen LogP) is 2.83. The Morgan fingerprint density at radius 3 is 2.45 bits per heavy atom. The molecule has 7 nitrogen and oxygen atoms in total. The summed E-state index contributed by atoms with van der Waals surface area (Å²) in [6.45, 7) is 0.465. The van der Waals surface area contributed by atoms with Gasteiger partial charge in [0, 0.05) is 18.5 Å². The van der Waals surface area contributed by atoms with Gasteiger partial charge in [-0.15, -0.1) is 0 Å². The molecule has 2 aromatic carbocycles. The fraction of sp³-hybridized carbons (Fsp3) is 0.462. The number of amides is 3. The second-order valence-corrected chi connectivity index (χ2v) is 9.85. The van der Waals surface area contributed by atoms with Crippen molar-refractivity contribution in [2.45, 2.75) is 56.8 Å². The lowest BCUT2D eigenvalue weighted by Crippen LogP contribution is -2.60. The molecule has 33 heavy (non-hydrogen) atoms. The minimum absolute atomic E-state index is 0.00533. The third-order valence-corrected chi connectivity index (χ3v) is 7.56. The summed E-state index contributed by atoms with van der Waals surface area (Å²) in [5.74, 6) is 0.844. The van der Waals surface area contributed by atoms with Crippen LogP contribution >= 0.6 is 0 Å². The first-order chi connectivity index (χ1) is 15.9. The average molecular weight is 450 g/mol. The first kappa shape index (κ1) is 21.8. The monoisotopic (exact) mass is 449 g/mol. The molecule has 3 amide bonds. The highest BCUT2D eigenvalue weighted by atomic mass is 16.5. The minimum Gasteiger partial charge on any atom is -0.497 e. The number of ether oxygens (including phenoxy) is 1. The Morgan fingerprint density at radius 1 is 1.03 bits per heavy atom. The quantitative estimate of drug-likeness (QED) is 0.545. The molecule has 0 aromatic heterocycles. The van der Waals surface area contributed by atoms with Crippen molar-refractivity contribution in [1.82, 2.24) is 16.0 Å². The summed E-state index contributed by atoms with van der Waals surface area (Å²) < 4.78 is 5.14. The van der Waals surface area contributed by atoms with Gasteiger partial charge in [-0.3, -0.25) is 4.79 Å². The highest BCUT2D eigenvalue weighted by molar-refractivity contribution is 5.80. The topological polar surface area (TPSA) is 99.7 Å².